The van der Waals surface area contributed by atoms with Crippen molar-refractivity contribution >= 4 is 12.4 Å². The summed E-state index contributed by atoms with van der Waals surface area (Å²) in [5, 5.41) is 0. The van der Waals surface area contributed by atoms with Crippen LogP contribution in [-0.2, 0) is 0 Å². The first kappa shape index (κ1) is 14.1. The molecule has 1 aromatic rings. The molecule has 86 valence electrons. The van der Waals surface area contributed by atoms with Crippen LogP contribution in [0.5, 0.6) is 5.75 Å². The standard InChI is InChI=1S/C9H12F2N2O.ClH/c10-9(11)14-7-3-1-6(2-4-7)8(13)5-12;/h1-4,8-9H,5,12-13H2;1H/t8-;/m1./s1. The third-order valence-corrected chi connectivity index (χ3v) is 1.79. The molecular formula is C9H13ClF2N2O. The van der Waals surface area contributed by atoms with Gasteiger partial charge in [0.15, 0.2) is 0 Å². The van der Waals surface area contributed by atoms with Crippen molar-refractivity contribution in [2.75, 3.05) is 6.54 Å². The van der Waals surface area contributed by atoms with E-state index in [2.05, 4.69) is 4.74 Å². The molecule has 0 amide bonds. The highest BCUT2D eigenvalue weighted by atomic mass is 35.5. The summed E-state index contributed by atoms with van der Waals surface area (Å²) in [5.41, 5.74) is 11.8. The van der Waals surface area contributed by atoms with Crippen molar-refractivity contribution in [3.63, 3.8) is 0 Å². The van der Waals surface area contributed by atoms with Crippen molar-refractivity contribution in [2.45, 2.75) is 12.7 Å². The Bertz CT molecular complexity index is 282. The summed E-state index contributed by atoms with van der Waals surface area (Å²) in [6.07, 6.45) is 0. The molecule has 0 unspecified atom stereocenters. The van der Waals surface area contributed by atoms with Crippen molar-refractivity contribution < 1.29 is 13.5 Å². The molecule has 1 rings (SSSR count). The Hall–Kier alpha value is -0.910. The molecule has 0 bridgehead atoms. The normalized spacial score (nSPS) is 12.1. The monoisotopic (exact) mass is 238 g/mol. The lowest BCUT2D eigenvalue weighted by atomic mass is 10.1. The number of hydrogen-bond acceptors (Lipinski definition) is 3. The summed E-state index contributed by atoms with van der Waals surface area (Å²) in [6, 6.07) is 5.86. The number of hydrogen-bond donors (Lipinski definition) is 2. The molecule has 0 radical (unpaired) electrons. The van der Waals surface area contributed by atoms with Crippen LogP contribution in [0.4, 0.5) is 8.78 Å². The number of benzene rings is 1. The summed E-state index contributed by atoms with van der Waals surface area (Å²) >= 11 is 0. The Labute approximate surface area is 92.8 Å². The molecule has 0 aromatic heterocycles. The molecule has 1 aromatic carbocycles. The maximum absolute atomic E-state index is 11.8. The third-order valence-electron chi connectivity index (χ3n) is 1.79. The lowest BCUT2D eigenvalue weighted by molar-refractivity contribution is -0.0498. The fourth-order valence-electron chi connectivity index (χ4n) is 1.03. The molecule has 3 nitrogen and oxygen atoms in total. The molecule has 0 aliphatic rings. The van der Waals surface area contributed by atoms with E-state index in [9.17, 15) is 8.78 Å². The molecule has 6 heteroatoms. The summed E-state index contributed by atoms with van der Waals surface area (Å²) in [4.78, 5) is 0. The molecular weight excluding hydrogens is 226 g/mol. The summed E-state index contributed by atoms with van der Waals surface area (Å²) in [7, 11) is 0. The number of halogens is 3. The van der Waals surface area contributed by atoms with Crippen LogP contribution in [-0.4, -0.2) is 13.2 Å². The molecule has 1 atom stereocenters. The minimum atomic E-state index is -2.80. The van der Waals surface area contributed by atoms with Crippen molar-refractivity contribution in [1.82, 2.24) is 0 Å². The predicted octanol–water partition coefficient (Wildman–Crippen LogP) is 1.67. The van der Waals surface area contributed by atoms with Gasteiger partial charge < -0.3 is 16.2 Å². The van der Waals surface area contributed by atoms with Crippen LogP contribution in [0.25, 0.3) is 0 Å². The number of alkyl halides is 2. The predicted molar refractivity (Wildman–Crippen MR) is 56.3 cm³/mol. The van der Waals surface area contributed by atoms with Gasteiger partial charge in [0.05, 0.1) is 0 Å². The van der Waals surface area contributed by atoms with Crippen LogP contribution >= 0.6 is 12.4 Å². The zero-order valence-electron chi connectivity index (χ0n) is 7.90. The summed E-state index contributed by atoms with van der Waals surface area (Å²) < 4.78 is 27.7. The average Bonchev–Trinajstić information content (AvgIpc) is 2.17. The number of nitrogens with two attached hydrogens (primary N) is 2. The molecule has 0 aliphatic carbocycles. The Morgan fingerprint density at radius 3 is 2.13 bits per heavy atom. The Morgan fingerprint density at radius 1 is 1.20 bits per heavy atom. The van der Waals surface area contributed by atoms with Gasteiger partial charge in [0.1, 0.15) is 5.75 Å². The Morgan fingerprint density at radius 2 is 1.73 bits per heavy atom. The van der Waals surface area contributed by atoms with Gasteiger partial charge in [-0.15, -0.1) is 12.4 Å². The first-order chi connectivity index (χ1) is 6.63. The zero-order valence-corrected chi connectivity index (χ0v) is 8.71. The smallest absolute Gasteiger partial charge is 0.387 e. The molecule has 4 N–H and O–H groups in total. The van der Waals surface area contributed by atoms with Crippen LogP contribution in [0.15, 0.2) is 24.3 Å². The van der Waals surface area contributed by atoms with Gasteiger partial charge in [-0.3, -0.25) is 0 Å². The highest BCUT2D eigenvalue weighted by Crippen LogP contribution is 2.17. The second kappa shape index (κ2) is 6.55. The van der Waals surface area contributed by atoms with E-state index in [1.165, 1.54) is 12.1 Å². The van der Waals surface area contributed by atoms with E-state index in [-0.39, 0.29) is 24.2 Å². The Kier molecular flexibility index (Phi) is 6.15. The largest absolute Gasteiger partial charge is 0.435 e. The van der Waals surface area contributed by atoms with Gasteiger partial charge in [-0.25, -0.2) is 0 Å². The number of ether oxygens (including phenoxy) is 1. The van der Waals surface area contributed by atoms with Crippen LogP contribution in [0, 0.1) is 0 Å². The first-order valence-electron chi connectivity index (χ1n) is 4.14. The molecule has 0 saturated heterocycles. The van der Waals surface area contributed by atoms with Gasteiger partial charge >= 0.3 is 6.61 Å². The minimum Gasteiger partial charge on any atom is -0.435 e. The van der Waals surface area contributed by atoms with E-state index in [0.717, 1.165) is 5.56 Å². The van der Waals surface area contributed by atoms with E-state index in [1.807, 2.05) is 0 Å². The van der Waals surface area contributed by atoms with Gasteiger partial charge in [0, 0.05) is 12.6 Å². The highest BCUT2D eigenvalue weighted by Gasteiger charge is 2.06. The highest BCUT2D eigenvalue weighted by molar-refractivity contribution is 5.85. The Balaban J connectivity index is 0.00000196. The van der Waals surface area contributed by atoms with Crippen LogP contribution in [0.3, 0.4) is 0 Å². The maximum Gasteiger partial charge on any atom is 0.387 e. The number of rotatable bonds is 4. The zero-order chi connectivity index (χ0) is 10.6. The van der Waals surface area contributed by atoms with Gasteiger partial charge in [-0.2, -0.15) is 8.78 Å². The molecule has 0 spiro atoms. The minimum absolute atomic E-state index is 0. The SMILES string of the molecule is Cl.NC[C@@H](N)c1ccc(OC(F)F)cc1. The molecule has 15 heavy (non-hydrogen) atoms. The molecule has 0 saturated carbocycles. The van der Waals surface area contributed by atoms with Crippen LogP contribution < -0.4 is 16.2 Å². The summed E-state index contributed by atoms with van der Waals surface area (Å²) in [6.45, 7) is -2.49. The van der Waals surface area contributed by atoms with Gasteiger partial charge in [-0.05, 0) is 17.7 Å². The van der Waals surface area contributed by atoms with E-state index < -0.39 is 6.61 Å². The van der Waals surface area contributed by atoms with Gasteiger partial charge in [-0.1, -0.05) is 12.1 Å². The van der Waals surface area contributed by atoms with Crippen molar-refractivity contribution in [3.8, 4) is 5.75 Å². The average molecular weight is 239 g/mol. The summed E-state index contributed by atoms with van der Waals surface area (Å²) in [5.74, 6) is 0.118. The van der Waals surface area contributed by atoms with E-state index in [0.29, 0.717) is 6.54 Å². The lowest BCUT2D eigenvalue weighted by Crippen LogP contribution is -2.20. The first-order valence-corrected chi connectivity index (χ1v) is 4.14. The van der Waals surface area contributed by atoms with Crippen molar-refractivity contribution in [1.29, 1.82) is 0 Å². The van der Waals surface area contributed by atoms with Gasteiger partial charge in [0.25, 0.3) is 0 Å². The molecule has 0 fully saturated rings. The fourth-order valence-corrected chi connectivity index (χ4v) is 1.03. The quantitative estimate of drug-likeness (QED) is 0.839. The molecule has 0 heterocycles. The maximum atomic E-state index is 11.8. The van der Waals surface area contributed by atoms with E-state index in [4.69, 9.17) is 11.5 Å². The van der Waals surface area contributed by atoms with Gasteiger partial charge in [0.2, 0.25) is 0 Å². The lowest BCUT2D eigenvalue weighted by Gasteiger charge is -2.10. The van der Waals surface area contributed by atoms with Crippen molar-refractivity contribution in [3.05, 3.63) is 29.8 Å². The van der Waals surface area contributed by atoms with E-state index >= 15 is 0 Å². The van der Waals surface area contributed by atoms with Crippen molar-refractivity contribution in [2.24, 2.45) is 11.5 Å². The second-order valence-electron chi connectivity index (χ2n) is 2.79. The van der Waals surface area contributed by atoms with Crippen LogP contribution in [0.1, 0.15) is 11.6 Å². The fraction of sp³-hybridized carbons (Fsp3) is 0.333. The van der Waals surface area contributed by atoms with Crippen LogP contribution in [0.2, 0.25) is 0 Å². The molecule has 0 aliphatic heterocycles. The van der Waals surface area contributed by atoms with E-state index in [1.54, 1.807) is 12.1 Å². The topological polar surface area (TPSA) is 61.3 Å². The third kappa shape index (κ3) is 4.42. The second-order valence-corrected chi connectivity index (χ2v) is 2.79.